The molecular formula is C22H29NO. The molecule has 0 aliphatic heterocycles. The Balaban J connectivity index is 1.39. The lowest BCUT2D eigenvalue weighted by molar-refractivity contribution is -0.112. The van der Waals surface area contributed by atoms with Gasteiger partial charge in [0.2, 0.25) is 0 Å². The first-order chi connectivity index (χ1) is 11.8. The molecule has 0 atom stereocenters. The molecule has 128 valence electrons. The van der Waals surface area contributed by atoms with E-state index >= 15 is 0 Å². The summed E-state index contributed by atoms with van der Waals surface area (Å²) in [7, 11) is 0. The summed E-state index contributed by atoms with van der Waals surface area (Å²) in [6.45, 7) is 0. The Kier molecular flexibility index (Phi) is 6.07. The van der Waals surface area contributed by atoms with Crippen LogP contribution in [0.1, 0.15) is 68.9 Å². The number of benzene rings is 1. The molecule has 3 rings (SSSR count). The second-order valence-corrected chi connectivity index (χ2v) is 7.94. The van der Waals surface area contributed by atoms with Gasteiger partial charge in [-0.1, -0.05) is 25.0 Å². The van der Waals surface area contributed by atoms with E-state index in [4.69, 9.17) is 5.26 Å². The average Bonchev–Trinajstić information content (AvgIpc) is 2.67. The third-order valence-corrected chi connectivity index (χ3v) is 6.49. The number of carbonyl (C=O) groups excluding carboxylic acids is 1. The standard InChI is InChI=1S/C22H29NO/c23-15-19-5-3-17(4-6-19)1-2-18-7-11-21(12-8-18)22-13-9-20(16-24)10-14-22/h3-6,16,18,20-22H,1-2,7-14H2. The minimum Gasteiger partial charge on any atom is -0.303 e. The molecule has 0 spiro atoms. The van der Waals surface area contributed by atoms with Crippen molar-refractivity contribution < 1.29 is 4.79 Å². The Labute approximate surface area is 146 Å². The quantitative estimate of drug-likeness (QED) is 0.690. The van der Waals surface area contributed by atoms with Crippen molar-refractivity contribution in [3.8, 4) is 6.07 Å². The van der Waals surface area contributed by atoms with Gasteiger partial charge in [0.05, 0.1) is 11.6 Å². The number of aryl methyl sites for hydroxylation is 1. The lowest BCUT2D eigenvalue weighted by Crippen LogP contribution is -2.26. The monoisotopic (exact) mass is 323 g/mol. The molecule has 0 aromatic heterocycles. The van der Waals surface area contributed by atoms with Gasteiger partial charge in [-0.3, -0.25) is 0 Å². The Bertz CT molecular complexity index is 555. The van der Waals surface area contributed by atoms with Crippen LogP contribution in [0.3, 0.4) is 0 Å². The van der Waals surface area contributed by atoms with E-state index < -0.39 is 0 Å². The second-order valence-electron chi connectivity index (χ2n) is 7.94. The van der Waals surface area contributed by atoms with Gasteiger partial charge in [0, 0.05) is 5.92 Å². The zero-order chi connectivity index (χ0) is 16.8. The molecule has 1 aromatic rings. The first-order valence-corrected chi connectivity index (χ1v) is 9.73. The van der Waals surface area contributed by atoms with E-state index in [-0.39, 0.29) is 0 Å². The maximum absolute atomic E-state index is 10.9. The molecule has 2 saturated carbocycles. The molecule has 0 radical (unpaired) electrons. The van der Waals surface area contributed by atoms with Gasteiger partial charge in [0.15, 0.2) is 0 Å². The fraction of sp³-hybridized carbons (Fsp3) is 0.636. The molecule has 0 amide bonds. The Morgan fingerprint density at radius 2 is 1.50 bits per heavy atom. The van der Waals surface area contributed by atoms with E-state index in [0.29, 0.717) is 5.92 Å². The minimum absolute atomic E-state index is 0.352. The molecule has 24 heavy (non-hydrogen) atoms. The van der Waals surface area contributed by atoms with E-state index in [1.807, 2.05) is 12.1 Å². The van der Waals surface area contributed by atoms with Crippen molar-refractivity contribution in [3.05, 3.63) is 35.4 Å². The van der Waals surface area contributed by atoms with E-state index in [9.17, 15) is 4.79 Å². The van der Waals surface area contributed by atoms with Crippen molar-refractivity contribution in [3.63, 3.8) is 0 Å². The third kappa shape index (κ3) is 4.47. The number of nitriles is 1. The van der Waals surface area contributed by atoms with Crippen LogP contribution in [0.5, 0.6) is 0 Å². The van der Waals surface area contributed by atoms with E-state index in [2.05, 4.69) is 18.2 Å². The summed E-state index contributed by atoms with van der Waals surface area (Å²) in [4.78, 5) is 10.9. The summed E-state index contributed by atoms with van der Waals surface area (Å²) in [6, 6.07) is 10.3. The van der Waals surface area contributed by atoms with Crippen molar-refractivity contribution in [1.82, 2.24) is 0 Å². The Morgan fingerprint density at radius 1 is 0.917 bits per heavy atom. The van der Waals surface area contributed by atoms with Crippen LogP contribution in [0.15, 0.2) is 24.3 Å². The van der Waals surface area contributed by atoms with Gasteiger partial charge in [0.25, 0.3) is 0 Å². The predicted molar refractivity (Wildman–Crippen MR) is 96.4 cm³/mol. The first-order valence-electron chi connectivity index (χ1n) is 9.73. The normalized spacial score (nSPS) is 30.5. The predicted octanol–water partition coefficient (Wildman–Crippen LogP) is 5.30. The maximum atomic E-state index is 10.9. The maximum Gasteiger partial charge on any atom is 0.123 e. The highest BCUT2D eigenvalue weighted by Gasteiger charge is 2.30. The summed E-state index contributed by atoms with van der Waals surface area (Å²) in [5.74, 6) is 3.04. The molecular weight excluding hydrogens is 294 g/mol. The molecule has 2 aliphatic carbocycles. The van der Waals surface area contributed by atoms with Crippen LogP contribution in [0.4, 0.5) is 0 Å². The van der Waals surface area contributed by atoms with Gasteiger partial charge in [-0.2, -0.15) is 5.26 Å². The van der Waals surface area contributed by atoms with Crippen molar-refractivity contribution in [2.45, 2.75) is 64.2 Å². The van der Waals surface area contributed by atoms with Crippen molar-refractivity contribution >= 4 is 6.29 Å². The van der Waals surface area contributed by atoms with Gasteiger partial charge in [-0.05, 0) is 86.8 Å². The summed E-state index contributed by atoms with van der Waals surface area (Å²) >= 11 is 0. The molecule has 0 saturated heterocycles. The zero-order valence-corrected chi connectivity index (χ0v) is 14.6. The molecule has 2 aliphatic rings. The molecule has 0 unspecified atom stereocenters. The smallest absolute Gasteiger partial charge is 0.123 e. The third-order valence-electron chi connectivity index (χ3n) is 6.49. The van der Waals surface area contributed by atoms with Crippen LogP contribution in [0.2, 0.25) is 0 Å². The number of rotatable bonds is 5. The van der Waals surface area contributed by atoms with Gasteiger partial charge >= 0.3 is 0 Å². The fourth-order valence-corrected chi connectivity index (χ4v) is 4.82. The molecule has 2 heteroatoms. The summed E-state index contributed by atoms with van der Waals surface area (Å²) in [5, 5.41) is 8.86. The van der Waals surface area contributed by atoms with Gasteiger partial charge in [-0.15, -0.1) is 0 Å². The minimum atomic E-state index is 0.352. The summed E-state index contributed by atoms with van der Waals surface area (Å²) in [5.41, 5.74) is 2.12. The number of hydrogen-bond donors (Lipinski definition) is 0. The lowest BCUT2D eigenvalue weighted by Gasteiger charge is -2.37. The summed E-state index contributed by atoms with van der Waals surface area (Å²) < 4.78 is 0. The van der Waals surface area contributed by atoms with Crippen molar-refractivity contribution in [2.24, 2.45) is 23.7 Å². The van der Waals surface area contributed by atoms with Crippen LogP contribution >= 0.6 is 0 Å². The lowest BCUT2D eigenvalue weighted by atomic mass is 9.69. The van der Waals surface area contributed by atoms with Gasteiger partial charge < -0.3 is 4.79 Å². The van der Waals surface area contributed by atoms with Crippen LogP contribution in [0.25, 0.3) is 0 Å². The molecule has 2 nitrogen and oxygen atoms in total. The molecule has 2 fully saturated rings. The van der Waals surface area contributed by atoms with E-state index in [1.165, 1.54) is 56.8 Å². The van der Waals surface area contributed by atoms with Crippen LogP contribution < -0.4 is 0 Å². The fourth-order valence-electron chi connectivity index (χ4n) is 4.82. The van der Waals surface area contributed by atoms with Gasteiger partial charge in [-0.25, -0.2) is 0 Å². The van der Waals surface area contributed by atoms with Crippen molar-refractivity contribution in [1.29, 1.82) is 5.26 Å². The highest BCUT2D eigenvalue weighted by atomic mass is 16.1. The van der Waals surface area contributed by atoms with Gasteiger partial charge in [0.1, 0.15) is 6.29 Å². The van der Waals surface area contributed by atoms with Crippen LogP contribution in [-0.4, -0.2) is 6.29 Å². The van der Waals surface area contributed by atoms with E-state index in [1.54, 1.807) is 0 Å². The second kappa shape index (κ2) is 8.47. The number of aldehydes is 1. The summed E-state index contributed by atoms with van der Waals surface area (Å²) in [6.07, 6.45) is 14.0. The topological polar surface area (TPSA) is 40.9 Å². The van der Waals surface area contributed by atoms with E-state index in [0.717, 1.165) is 42.6 Å². The van der Waals surface area contributed by atoms with Crippen LogP contribution in [0, 0.1) is 35.0 Å². The molecule has 1 aromatic carbocycles. The van der Waals surface area contributed by atoms with Crippen LogP contribution in [-0.2, 0) is 11.2 Å². The highest BCUT2D eigenvalue weighted by Crippen LogP contribution is 2.41. The number of carbonyl (C=O) groups is 1. The van der Waals surface area contributed by atoms with Crippen molar-refractivity contribution in [2.75, 3.05) is 0 Å². The molecule has 0 bridgehead atoms. The first kappa shape index (κ1) is 17.2. The molecule has 0 heterocycles. The number of nitrogens with zero attached hydrogens (tertiary/aromatic N) is 1. The zero-order valence-electron chi connectivity index (χ0n) is 14.6. The SMILES string of the molecule is N#Cc1ccc(CCC2CCC(C3CCC(C=O)CC3)CC2)cc1. The average molecular weight is 323 g/mol. The Morgan fingerprint density at radius 3 is 2.04 bits per heavy atom. The number of hydrogen-bond acceptors (Lipinski definition) is 2. The largest absolute Gasteiger partial charge is 0.303 e. The Hall–Kier alpha value is -1.62. The highest BCUT2D eigenvalue weighted by molar-refractivity contribution is 5.53. The molecule has 0 N–H and O–H groups in total.